The van der Waals surface area contributed by atoms with E-state index in [1.54, 1.807) is 0 Å². The molecule has 0 aromatic carbocycles. The summed E-state index contributed by atoms with van der Waals surface area (Å²) in [5.41, 5.74) is 0. The first-order chi connectivity index (χ1) is 29.5. The number of carbonyl (C=O) groups is 3. The van der Waals surface area contributed by atoms with Crippen LogP contribution in [0.25, 0.3) is 0 Å². The second-order valence-electron chi connectivity index (χ2n) is 16.8. The molecule has 0 saturated heterocycles. The largest absolute Gasteiger partial charge is 0.462 e. The number of esters is 3. The first kappa shape index (κ1) is 57.1. The summed E-state index contributed by atoms with van der Waals surface area (Å²) in [6.45, 7) is 6.53. The lowest BCUT2D eigenvalue weighted by Gasteiger charge is -2.18. The maximum absolute atomic E-state index is 12.8. The molecule has 0 rings (SSSR count). The molecule has 0 amide bonds. The number of ether oxygens (including phenoxy) is 3. The Bertz CT molecular complexity index is 1100. The Labute approximate surface area is 370 Å². The summed E-state index contributed by atoms with van der Waals surface area (Å²) >= 11 is 0. The number of rotatable bonds is 45. The molecule has 0 heterocycles. The van der Waals surface area contributed by atoms with Crippen LogP contribution in [0.2, 0.25) is 0 Å². The van der Waals surface area contributed by atoms with Gasteiger partial charge in [0.1, 0.15) is 13.2 Å². The van der Waals surface area contributed by atoms with E-state index in [0.29, 0.717) is 12.8 Å². The van der Waals surface area contributed by atoms with Gasteiger partial charge in [-0.15, -0.1) is 0 Å². The second-order valence-corrected chi connectivity index (χ2v) is 16.8. The molecule has 60 heavy (non-hydrogen) atoms. The Morgan fingerprint density at radius 3 is 1.00 bits per heavy atom. The van der Waals surface area contributed by atoms with Crippen LogP contribution in [0.15, 0.2) is 60.8 Å². The molecule has 1 atom stereocenters. The fourth-order valence-corrected chi connectivity index (χ4v) is 6.87. The maximum Gasteiger partial charge on any atom is 0.306 e. The summed E-state index contributed by atoms with van der Waals surface area (Å²) in [6, 6.07) is 0. The fraction of sp³-hybridized carbons (Fsp3) is 0.759. The van der Waals surface area contributed by atoms with Crippen molar-refractivity contribution in [3.8, 4) is 0 Å². The SMILES string of the molecule is CCCC/C=C\CCCCCCC(=O)OCC(COC(=O)CCCCC/C=C\C=C/CCCCCCCCC)OC(=O)CCCCC/C=C\C=C/CCCCCCCCC. The van der Waals surface area contributed by atoms with Crippen LogP contribution >= 0.6 is 0 Å². The molecule has 0 aliphatic rings. The van der Waals surface area contributed by atoms with E-state index in [2.05, 4.69) is 81.5 Å². The predicted molar refractivity (Wildman–Crippen MR) is 256 cm³/mol. The van der Waals surface area contributed by atoms with Gasteiger partial charge in [0.2, 0.25) is 0 Å². The summed E-state index contributed by atoms with van der Waals surface area (Å²) < 4.78 is 16.7. The molecule has 0 fully saturated rings. The molecule has 0 radical (unpaired) electrons. The van der Waals surface area contributed by atoms with Crippen molar-refractivity contribution in [3.63, 3.8) is 0 Å². The van der Waals surface area contributed by atoms with E-state index in [0.717, 1.165) is 103 Å². The molecule has 0 aliphatic carbocycles. The standard InChI is InChI=1S/C54H94O6/c1-4-7-10-13-16-19-22-24-26-28-30-32-35-38-41-44-47-53(56)59-50-51(49-58-52(55)46-43-40-37-34-21-18-15-12-9-6-3)60-54(57)48-45-42-39-36-33-31-29-27-25-23-20-17-14-11-8-5-2/h15,18,26-33,51H,4-14,16-17,19-25,34-50H2,1-3H3/b18-15-,28-26-,29-27-,32-30-,33-31-. The van der Waals surface area contributed by atoms with Gasteiger partial charge in [0.15, 0.2) is 6.10 Å². The van der Waals surface area contributed by atoms with E-state index < -0.39 is 6.10 Å². The molecular formula is C54H94O6. The summed E-state index contributed by atoms with van der Waals surface area (Å²) in [6.07, 6.45) is 59.2. The summed E-state index contributed by atoms with van der Waals surface area (Å²) in [7, 11) is 0. The molecular weight excluding hydrogens is 745 g/mol. The Morgan fingerprint density at radius 1 is 0.333 bits per heavy atom. The second kappa shape index (κ2) is 48.8. The Hall–Kier alpha value is -2.89. The highest BCUT2D eigenvalue weighted by Gasteiger charge is 2.19. The molecule has 6 heteroatoms. The zero-order valence-corrected chi connectivity index (χ0v) is 39.5. The van der Waals surface area contributed by atoms with Crippen LogP contribution in [0.3, 0.4) is 0 Å². The van der Waals surface area contributed by atoms with Gasteiger partial charge >= 0.3 is 17.9 Å². The number of hydrogen-bond acceptors (Lipinski definition) is 6. The fourth-order valence-electron chi connectivity index (χ4n) is 6.87. The highest BCUT2D eigenvalue weighted by Crippen LogP contribution is 2.13. The molecule has 0 N–H and O–H groups in total. The van der Waals surface area contributed by atoms with Crippen LogP contribution in [-0.4, -0.2) is 37.2 Å². The van der Waals surface area contributed by atoms with Crippen LogP contribution in [0.4, 0.5) is 0 Å². The topological polar surface area (TPSA) is 78.9 Å². The molecule has 346 valence electrons. The summed E-state index contributed by atoms with van der Waals surface area (Å²) in [5.74, 6) is -0.965. The van der Waals surface area contributed by atoms with E-state index in [1.165, 1.54) is 103 Å². The zero-order chi connectivity index (χ0) is 43.7. The Kier molecular flexibility index (Phi) is 46.4. The van der Waals surface area contributed by atoms with Gasteiger partial charge in [-0.1, -0.05) is 197 Å². The molecule has 1 unspecified atom stereocenters. The van der Waals surface area contributed by atoms with Crippen molar-refractivity contribution in [2.45, 2.75) is 252 Å². The summed E-state index contributed by atoms with van der Waals surface area (Å²) in [5, 5.41) is 0. The van der Waals surface area contributed by atoms with Gasteiger partial charge in [-0.2, -0.15) is 0 Å². The van der Waals surface area contributed by atoms with Crippen molar-refractivity contribution in [2.75, 3.05) is 13.2 Å². The van der Waals surface area contributed by atoms with Crippen LogP contribution in [-0.2, 0) is 28.6 Å². The minimum Gasteiger partial charge on any atom is -0.462 e. The van der Waals surface area contributed by atoms with Crippen LogP contribution < -0.4 is 0 Å². The van der Waals surface area contributed by atoms with Gasteiger partial charge in [0.05, 0.1) is 0 Å². The minimum atomic E-state index is -0.801. The molecule has 0 aliphatic heterocycles. The molecule has 0 saturated carbocycles. The lowest BCUT2D eigenvalue weighted by Crippen LogP contribution is -2.30. The van der Waals surface area contributed by atoms with Crippen molar-refractivity contribution in [1.82, 2.24) is 0 Å². The zero-order valence-electron chi connectivity index (χ0n) is 39.5. The monoisotopic (exact) mass is 839 g/mol. The average molecular weight is 839 g/mol. The van der Waals surface area contributed by atoms with Gasteiger partial charge in [0, 0.05) is 19.3 Å². The average Bonchev–Trinajstić information content (AvgIpc) is 3.24. The van der Waals surface area contributed by atoms with E-state index in [9.17, 15) is 14.4 Å². The lowest BCUT2D eigenvalue weighted by atomic mass is 10.1. The molecule has 6 nitrogen and oxygen atoms in total. The minimum absolute atomic E-state index is 0.0997. The maximum atomic E-state index is 12.8. The van der Waals surface area contributed by atoms with Crippen LogP contribution in [0.5, 0.6) is 0 Å². The third-order valence-electron chi connectivity index (χ3n) is 10.8. The number of allylic oxidation sites excluding steroid dienone is 10. The highest BCUT2D eigenvalue weighted by atomic mass is 16.6. The van der Waals surface area contributed by atoms with Crippen molar-refractivity contribution >= 4 is 17.9 Å². The van der Waals surface area contributed by atoms with Crippen LogP contribution in [0.1, 0.15) is 245 Å². The van der Waals surface area contributed by atoms with Gasteiger partial charge in [-0.05, 0) is 89.9 Å². The highest BCUT2D eigenvalue weighted by molar-refractivity contribution is 5.71. The van der Waals surface area contributed by atoms with E-state index >= 15 is 0 Å². The predicted octanol–water partition coefficient (Wildman–Crippen LogP) is 16.5. The van der Waals surface area contributed by atoms with E-state index in [-0.39, 0.29) is 37.5 Å². The number of carbonyl (C=O) groups excluding carboxylic acids is 3. The Balaban J connectivity index is 4.45. The Morgan fingerprint density at radius 2 is 0.617 bits per heavy atom. The first-order valence-electron chi connectivity index (χ1n) is 25.3. The molecule has 0 aromatic heterocycles. The van der Waals surface area contributed by atoms with Crippen molar-refractivity contribution in [3.05, 3.63) is 60.8 Å². The third kappa shape index (κ3) is 46.2. The van der Waals surface area contributed by atoms with Crippen molar-refractivity contribution in [1.29, 1.82) is 0 Å². The van der Waals surface area contributed by atoms with E-state index in [4.69, 9.17) is 14.2 Å². The molecule has 0 aromatic rings. The normalized spacial score (nSPS) is 12.5. The quantitative estimate of drug-likeness (QED) is 0.0200. The van der Waals surface area contributed by atoms with Crippen molar-refractivity contribution < 1.29 is 28.6 Å². The molecule has 0 bridgehead atoms. The van der Waals surface area contributed by atoms with Gasteiger partial charge in [0.25, 0.3) is 0 Å². The number of hydrogen-bond donors (Lipinski definition) is 0. The molecule has 0 spiro atoms. The first-order valence-corrected chi connectivity index (χ1v) is 25.3. The van der Waals surface area contributed by atoms with Gasteiger partial charge in [-0.3, -0.25) is 14.4 Å². The van der Waals surface area contributed by atoms with Crippen molar-refractivity contribution in [2.24, 2.45) is 0 Å². The van der Waals surface area contributed by atoms with Gasteiger partial charge < -0.3 is 14.2 Å². The smallest absolute Gasteiger partial charge is 0.306 e. The van der Waals surface area contributed by atoms with Gasteiger partial charge in [-0.25, -0.2) is 0 Å². The third-order valence-corrected chi connectivity index (χ3v) is 10.8. The lowest BCUT2D eigenvalue weighted by molar-refractivity contribution is -0.167. The van der Waals surface area contributed by atoms with E-state index in [1.807, 2.05) is 0 Å². The number of unbranched alkanes of at least 4 members (excludes halogenated alkanes) is 26. The van der Waals surface area contributed by atoms with Crippen LogP contribution in [0, 0.1) is 0 Å². The summed E-state index contributed by atoms with van der Waals surface area (Å²) in [4.78, 5) is 37.8.